The SMILES string of the molecule is CC.CC(C)CCCCl.CC(C)Cc1ccccc1.CC(C)c1ccsc1.CC(C)c1cnc[nH]1.CC(C)c1cnco1.CC(C)c1ncc[nH]1.CC(C)c1ncco1.CC(C)c1nccs1.Cc1nc(C(C)C)co1. The highest BCUT2D eigenvalue weighted by Crippen LogP contribution is 2.17. The van der Waals surface area contributed by atoms with E-state index in [1.807, 2.05) is 58.6 Å². The Labute approximate surface area is 474 Å². The second-order valence-corrected chi connectivity index (χ2v) is 22.4. The van der Waals surface area contributed by atoms with Crippen LogP contribution in [-0.2, 0) is 6.42 Å². The average molecular weight is 1110 g/mol. The highest BCUT2D eigenvalue weighted by molar-refractivity contribution is 7.09. The molecular weight excluding hydrogens is 1000 g/mol. The lowest BCUT2D eigenvalue weighted by Crippen LogP contribution is -1.92. The number of hydrogen-bond acceptors (Lipinski definition) is 11. The maximum absolute atomic E-state index is 5.45. The Kier molecular flexibility index (Phi) is 44.2. The fourth-order valence-corrected chi connectivity index (χ4v) is 7.18. The third-order valence-electron chi connectivity index (χ3n) is 9.96. The molecule has 14 heteroatoms. The van der Waals surface area contributed by atoms with Crippen LogP contribution in [0.3, 0.4) is 0 Å². The van der Waals surface area contributed by atoms with Crippen LogP contribution in [0.2, 0.25) is 0 Å². The fourth-order valence-electron chi connectivity index (χ4n) is 5.55. The van der Waals surface area contributed by atoms with E-state index in [-0.39, 0.29) is 0 Å². The second kappa shape index (κ2) is 46.0. The Balaban J connectivity index is 0. The summed E-state index contributed by atoms with van der Waals surface area (Å²) in [6.45, 7) is 44.4. The number of thiophene rings is 1. The minimum Gasteiger partial charge on any atom is -0.449 e. The summed E-state index contributed by atoms with van der Waals surface area (Å²) in [7, 11) is 0. The molecule has 8 rings (SSSR count). The third-order valence-corrected chi connectivity index (χ3v) is 12.0. The quantitative estimate of drug-likeness (QED) is 0.114. The molecule has 0 aliphatic heterocycles. The van der Waals surface area contributed by atoms with Crippen LogP contribution in [0.5, 0.6) is 0 Å². The van der Waals surface area contributed by atoms with Crippen LogP contribution in [0.25, 0.3) is 0 Å². The van der Waals surface area contributed by atoms with Gasteiger partial charge in [0.2, 0.25) is 0 Å². The molecule has 426 valence electrons. The van der Waals surface area contributed by atoms with E-state index in [4.69, 9.17) is 24.9 Å². The smallest absolute Gasteiger partial charge is 0.196 e. The van der Waals surface area contributed by atoms with Gasteiger partial charge in [0.15, 0.2) is 18.2 Å². The number of benzene rings is 1. The molecule has 7 aromatic heterocycles. The number of aryl methyl sites for hydroxylation is 1. The van der Waals surface area contributed by atoms with Crippen LogP contribution in [0.4, 0.5) is 0 Å². The number of imidazole rings is 2. The molecule has 76 heavy (non-hydrogen) atoms. The van der Waals surface area contributed by atoms with E-state index in [0.717, 1.165) is 46.8 Å². The number of nitrogens with one attached hydrogen (secondary N) is 2. The van der Waals surface area contributed by atoms with Gasteiger partial charge in [0.05, 0.1) is 29.4 Å². The van der Waals surface area contributed by atoms with Gasteiger partial charge in [-0.3, -0.25) is 0 Å². The normalized spacial score (nSPS) is 10.2. The first-order chi connectivity index (χ1) is 36.1. The molecule has 7 heterocycles. The lowest BCUT2D eigenvalue weighted by molar-refractivity contribution is 0.471. The van der Waals surface area contributed by atoms with Crippen molar-refractivity contribution in [1.29, 1.82) is 0 Å². The summed E-state index contributed by atoms with van der Waals surface area (Å²) in [5.41, 5.74) is 5.13. The number of aromatic nitrogens is 8. The molecule has 0 saturated heterocycles. The van der Waals surface area contributed by atoms with Crippen LogP contribution < -0.4 is 0 Å². The molecule has 2 N–H and O–H groups in total. The van der Waals surface area contributed by atoms with E-state index < -0.39 is 0 Å². The monoisotopic (exact) mass is 1100 g/mol. The molecule has 0 atom stereocenters. The Morgan fingerprint density at radius 1 is 0.618 bits per heavy atom. The van der Waals surface area contributed by atoms with E-state index in [1.54, 1.807) is 60.1 Å². The molecule has 0 amide bonds. The number of nitrogens with zero attached hydrogens (tertiary/aromatic N) is 6. The standard InChI is InChI=1S/C10H14.C7H11NO.C7H10S.C6H13Cl.2C6H10N2.2C6H9NO.C6H9NS.C2H6/c1-9(2)8-10-6-4-3-5-7-10;1-5(2)7-4-9-6(3)8-7;1-6(2)7-3-4-8-5-7;1-6(2)4-3-5-7;1-5(2)6-3-7-4-8-6;1-5(2)6-7-3-4-8-6;1-5(2)6-3-7-4-8-6;2*1-5(2)6-7-3-4-8-6;1-2/h3-7,9H,8H2,1-2H3;4-5H,1-3H3;3-6H,1-2H3;6H,3-5H2,1-2H3;2*3-5H,1-2H3,(H,7,8);3*3-5H,1-2H3;1-2H3. The van der Waals surface area contributed by atoms with Crippen molar-refractivity contribution in [2.24, 2.45) is 11.8 Å². The zero-order valence-corrected chi connectivity index (χ0v) is 53.0. The third kappa shape index (κ3) is 39.3. The summed E-state index contributed by atoms with van der Waals surface area (Å²) in [5.74, 6) is 9.68. The van der Waals surface area contributed by atoms with Crippen molar-refractivity contribution in [2.45, 2.75) is 206 Å². The molecular formula is C62H101ClN8O3S2. The van der Waals surface area contributed by atoms with Crippen LogP contribution in [0.1, 0.15) is 244 Å². The summed E-state index contributed by atoms with van der Waals surface area (Å²) < 4.78 is 15.0. The highest BCUT2D eigenvalue weighted by Gasteiger charge is 2.04. The van der Waals surface area contributed by atoms with Crippen LogP contribution in [0, 0.1) is 18.8 Å². The Hall–Kier alpha value is -5.11. The van der Waals surface area contributed by atoms with Gasteiger partial charge in [0, 0.05) is 72.3 Å². The van der Waals surface area contributed by atoms with Crippen molar-refractivity contribution in [3.63, 3.8) is 0 Å². The lowest BCUT2D eigenvalue weighted by Gasteiger charge is -2.02. The first-order valence-electron chi connectivity index (χ1n) is 27.3. The zero-order valence-electron chi connectivity index (χ0n) is 50.6. The predicted molar refractivity (Wildman–Crippen MR) is 328 cm³/mol. The van der Waals surface area contributed by atoms with E-state index >= 15 is 0 Å². The lowest BCUT2D eigenvalue weighted by atomic mass is 10.0. The van der Waals surface area contributed by atoms with Crippen molar-refractivity contribution >= 4 is 34.3 Å². The largest absolute Gasteiger partial charge is 0.449 e. The number of oxazole rings is 3. The molecule has 0 radical (unpaired) electrons. The average Bonchev–Trinajstić information content (AvgIpc) is 4.24. The minimum atomic E-state index is 0.407. The summed E-state index contributed by atoms with van der Waals surface area (Å²) in [6.07, 6.45) is 20.8. The molecule has 0 unspecified atom stereocenters. The second-order valence-electron chi connectivity index (χ2n) is 20.4. The van der Waals surface area contributed by atoms with Crippen LogP contribution in [0.15, 0.2) is 128 Å². The minimum absolute atomic E-state index is 0.407. The van der Waals surface area contributed by atoms with Gasteiger partial charge in [-0.2, -0.15) is 11.3 Å². The van der Waals surface area contributed by atoms with E-state index in [0.29, 0.717) is 41.4 Å². The summed E-state index contributed by atoms with van der Waals surface area (Å²) in [4.78, 5) is 30.0. The Bertz CT molecular complexity index is 2000. The summed E-state index contributed by atoms with van der Waals surface area (Å²) >= 11 is 8.93. The highest BCUT2D eigenvalue weighted by atomic mass is 35.5. The fraction of sp³-hybridized carbons (Fsp3) is 0.548. The van der Waals surface area contributed by atoms with Crippen molar-refractivity contribution in [3.8, 4) is 0 Å². The summed E-state index contributed by atoms with van der Waals surface area (Å²) in [6, 6.07) is 12.8. The number of H-pyrrole nitrogens is 2. The van der Waals surface area contributed by atoms with Crippen molar-refractivity contribution in [3.05, 3.63) is 166 Å². The van der Waals surface area contributed by atoms with Gasteiger partial charge >= 0.3 is 0 Å². The topological polar surface area (TPSA) is 148 Å². The van der Waals surface area contributed by atoms with Gasteiger partial charge in [0.25, 0.3) is 0 Å². The summed E-state index contributed by atoms with van der Waals surface area (Å²) in [5, 5.41) is 7.56. The van der Waals surface area contributed by atoms with Crippen molar-refractivity contribution < 1.29 is 13.3 Å². The van der Waals surface area contributed by atoms with Gasteiger partial charge in [-0.1, -0.05) is 169 Å². The molecule has 0 bridgehead atoms. The molecule has 0 aliphatic rings. The number of hydrogen-bond donors (Lipinski definition) is 2. The van der Waals surface area contributed by atoms with Gasteiger partial charge in [0.1, 0.15) is 24.1 Å². The molecule has 0 saturated carbocycles. The van der Waals surface area contributed by atoms with Crippen molar-refractivity contribution in [2.75, 3.05) is 5.88 Å². The molecule has 0 fully saturated rings. The number of rotatable bonds is 12. The molecule has 0 spiro atoms. The first kappa shape index (κ1) is 73.0. The van der Waals surface area contributed by atoms with Crippen LogP contribution >= 0.6 is 34.3 Å². The van der Waals surface area contributed by atoms with Gasteiger partial charge in [-0.15, -0.1) is 22.9 Å². The number of thiazole rings is 1. The zero-order chi connectivity index (χ0) is 57.8. The molecule has 8 aromatic rings. The van der Waals surface area contributed by atoms with Crippen LogP contribution in [-0.4, -0.2) is 45.8 Å². The number of halogens is 1. The molecule has 1 aromatic carbocycles. The Morgan fingerprint density at radius 3 is 1.57 bits per heavy atom. The maximum atomic E-state index is 5.45. The number of alkyl halides is 1. The van der Waals surface area contributed by atoms with Gasteiger partial charge in [-0.05, 0) is 76.8 Å². The first-order valence-corrected chi connectivity index (χ1v) is 29.6. The van der Waals surface area contributed by atoms with E-state index in [2.05, 4.69) is 198 Å². The van der Waals surface area contributed by atoms with Crippen molar-refractivity contribution in [1.82, 2.24) is 39.9 Å². The number of aromatic amines is 2. The van der Waals surface area contributed by atoms with Gasteiger partial charge < -0.3 is 23.2 Å². The van der Waals surface area contributed by atoms with E-state index in [1.165, 1.54) is 47.5 Å². The maximum Gasteiger partial charge on any atom is 0.196 e. The molecule has 0 aliphatic carbocycles. The predicted octanol–water partition coefficient (Wildman–Crippen LogP) is 20.5. The van der Waals surface area contributed by atoms with Gasteiger partial charge in [-0.25, -0.2) is 29.9 Å². The molecule has 11 nitrogen and oxygen atoms in total. The van der Waals surface area contributed by atoms with E-state index in [9.17, 15) is 0 Å². The Morgan fingerprint density at radius 2 is 1.30 bits per heavy atom.